The molecule has 1 aliphatic carbocycles. The van der Waals surface area contributed by atoms with Crippen LogP contribution in [0.3, 0.4) is 0 Å². The Balaban J connectivity index is 2.65. The first kappa shape index (κ1) is 21.7. The van der Waals surface area contributed by atoms with Gasteiger partial charge in [0, 0.05) is 27.7 Å². The molecule has 6 heteroatoms. The molecule has 1 aliphatic rings. The van der Waals surface area contributed by atoms with Gasteiger partial charge in [0.15, 0.2) is 5.96 Å². The molecular formula is C19H38N4O2. The van der Waals surface area contributed by atoms with Crippen molar-refractivity contribution in [3.8, 4) is 0 Å². The van der Waals surface area contributed by atoms with Crippen LogP contribution >= 0.6 is 0 Å². The van der Waals surface area contributed by atoms with E-state index in [2.05, 4.69) is 29.5 Å². The zero-order valence-electron chi connectivity index (χ0n) is 16.8. The third-order valence-corrected chi connectivity index (χ3v) is 4.83. The van der Waals surface area contributed by atoms with Gasteiger partial charge in [-0.25, -0.2) is 4.99 Å². The molecule has 0 radical (unpaired) electrons. The zero-order valence-corrected chi connectivity index (χ0v) is 16.8. The van der Waals surface area contributed by atoms with Crippen molar-refractivity contribution in [1.29, 1.82) is 0 Å². The number of hydrogen-bond donors (Lipinski definition) is 2. The van der Waals surface area contributed by atoms with E-state index >= 15 is 0 Å². The number of guanidine groups is 1. The lowest BCUT2D eigenvalue weighted by atomic mass is 9.99. The molecule has 0 aromatic carbocycles. The van der Waals surface area contributed by atoms with Crippen LogP contribution in [0.2, 0.25) is 0 Å². The number of carbonyl (C=O) groups is 1. The third kappa shape index (κ3) is 9.10. The molecular weight excluding hydrogens is 316 g/mol. The highest BCUT2D eigenvalue weighted by Gasteiger charge is 2.31. The van der Waals surface area contributed by atoms with Gasteiger partial charge in [-0.3, -0.25) is 4.79 Å². The number of likely N-dealkylation sites (N-methyl/N-ethyl adjacent to an activating group) is 1. The number of carbonyl (C=O) groups excluding carboxylic acids is 1. The van der Waals surface area contributed by atoms with Crippen molar-refractivity contribution >= 4 is 11.9 Å². The van der Waals surface area contributed by atoms with Crippen molar-refractivity contribution in [2.24, 2.45) is 16.8 Å². The molecule has 2 N–H and O–H groups in total. The fourth-order valence-electron chi connectivity index (χ4n) is 2.77. The molecule has 0 aromatic heterocycles. The van der Waals surface area contributed by atoms with Gasteiger partial charge in [-0.15, -0.1) is 0 Å². The lowest BCUT2D eigenvalue weighted by Gasteiger charge is -2.23. The molecule has 6 nitrogen and oxygen atoms in total. The van der Waals surface area contributed by atoms with E-state index in [4.69, 9.17) is 4.74 Å². The molecule has 2 unspecified atom stereocenters. The van der Waals surface area contributed by atoms with Crippen molar-refractivity contribution in [3.05, 3.63) is 0 Å². The van der Waals surface area contributed by atoms with E-state index in [1.54, 1.807) is 26.1 Å². The van der Waals surface area contributed by atoms with Gasteiger partial charge in [-0.2, -0.15) is 0 Å². The Hall–Kier alpha value is -1.30. The average molecular weight is 355 g/mol. The summed E-state index contributed by atoms with van der Waals surface area (Å²) in [5, 5.41) is 6.95. The second kappa shape index (κ2) is 12.1. The van der Waals surface area contributed by atoms with Crippen molar-refractivity contribution < 1.29 is 9.53 Å². The fourth-order valence-corrected chi connectivity index (χ4v) is 2.77. The summed E-state index contributed by atoms with van der Waals surface area (Å²) in [6.07, 6.45) is 7.34. The van der Waals surface area contributed by atoms with Crippen LogP contribution in [0.25, 0.3) is 0 Å². The minimum atomic E-state index is 0.00818. The monoisotopic (exact) mass is 354 g/mol. The van der Waals surface area contributed by atoms with Crippen molar-refractivity contribution in [1.82, 2.24) is 15.5 Å². The van der Waals surface area contributed by atoms with Crippen LogP contribution in [-0.2, 0) is 9.53 Å². The van der Waals surface area contributed by atoms with E-state index in [0.29, 0.717) is 18.4 Å². The number of amides is 1. The quantitative estimate of drug-likeness (QED) is 0.417. The summed E-state index contributed by atoms with van der Waals surface area (Å²) in [6, 6.07) is 0.265. The average Bonchev–Trinajstić information content (AvgIpc) is 3.43. The summed E-state index contributed by atoms with van der Waals surface area (Å²) in [4.78, 5) is 18.0. The van der Waals surface area contributed by atoms with Crippen LogP contribution in [0, 0.1) is 11.8 Å². The Morgan fingerprint density at radius 2 is 2.04 bits per heavy atom. The van der Waals surface area contributed by atoms with Gasteiger partial charge in [0.1, 0.15) is 6.54 Å². The standard InChI is InChI=1S/C19H38N4O2/c1-6-8-9-15(7-2)12-20-19(21-13-18(24)23(3)4)22-17(14-25-5)16-10-11-16/h15-17H,6-14H2,1-5H3,(H2,20,21,22). The molecule has 0 aromatic rings. The SMILES string of the molecule is CCCCC(CC)CNC(=NCC(=O)N(C)C)NC(COC)C1CC1. The first-order valence-electron chi connectivity index (χ1n) is 9.75. The Labute approximate surface area is 153 Å². The number of ether oxygens (including phenoxy) is 1. The first-order chi connectivity index (χ1) is 12.0. The van der Waals surface area contributed by atoms with Crippen LogP contribution < -0.4 is 10.6 Å². The number of nitrogens with one attached hydrogen (secondary N) is 2. The van der Waals surface area contributed by atoms with Gasteiger partial charge < -0.3 is 20.3 Å². The van der Waals surface area contributed by atoms with Crippen LogP contribution in [0.1, 0.15) is 52.4 Å². The van der Waals surface area contributed by atoms with E-state index in [1.165, 1.54) is 32.1 Å². The van der Waals surface area contributed by atoms with Gasteiger partial charge in [0.2, 0.25) is 5.91 Å². The van der Waals surface area contributed by atoms with Gasteiger partial charge in [-0.1, -0.05) is 33.1 Å². The molecule has 0 heterocycles. The zero-order chi connectivity index (χ0) is 18.7. The van der Waals surface area contributed by atoms with Crippen molar-refractivity contribution in [3.63, 3.8) is 0 Å². The molecule has 1 saturated carbocycles. The molecule has 0 bridgehead atoms. The molecule has 1 rings (SSSR count). The molecule has 146 valence electrons. The summed E-state index contributed by atoms with van der Waals surface area (Å²) >= 11 is 0. The predicted octanol–water partition coefficient (Wildman–Crippen LogP) is 2.25. The molecule has 1 amide bonds. The molecule has 2 atom stereocenters. The van der Waals surface area contributed by atoms with Gasteiger partial charge in [0.05, 0.1) is 12.6 Å². The van der Waals surface area contributed by atoms with Crippen molar-refractivity contribution in [2.45, 2.75) is 58.4 Å². The van der Waals surface area contributed by atoms with Crippen LogP contribution in [0.15, 0.2) is 4.99 Å². The van der Waals surface area contributed by atoms with Gasteiger partial charge in [-0.05, 0) is 31.1 Å². The number of methoxy groups -OCH3 is 1. The minimum Gasteiger partial charge on any atom is -0.383 e. The topological polar surface area (TPSA) is 66.0 Å². The van der Waals surface area contributed by atoms with E-state index in [9.17, 15) is 4.79 Å². The number of hydrogen-bond acceptors (Lipinski definition) is 3. The maximum absolute atomic E-state index is 11.9. The number of unbranched alkanes of at least 4 members (excludes halogenated alkanes) is 1. The molecule has 0 aliphatic heterocycles. The Morgan fingerprint density at radius 3 is 2.56 bits per heavy atom. The second-order valence-corrected chi connectivity index (χ2v) is 7.29. The highest BCUT2D eigenvalue weighted by Crippen LogP contribution is 2.32. The Kier molecular flexibility index (Phi) is 10.5. The second-order valence-electron chi connectivity index (χ2n) is 7.29. The molecule has 0 saturated heterocycles. The maximum atomic E-state index is 11.9. The summed E-state index contributed by atoms with van der Waals surface area (Å²) < 4.78 is 5.35. The number of aliphatic imine (C=N–C) groups is 1. The van der Waals surface area contributed by atoms with Crippen LogP contribution in [0.5, 0.6) is 0 Å². The Morgan fingerprint density at radius 1 is 1.32 bits per heavy atom. The fraction of sp³-hybridized carbons (Fsp3) is 0.895. The predicted molar refractivity (Wildman–Crippen MR) is 104 cm³/mol. The summed E-state index contributed by atoms with van der Waals surface area (Å²) in [6.45, 7) is 6.19. The van der Waals surface area contributed by atoms with E-state index < -0.39 is 0 Å². The van der Waals surface area contributed by atoms with E-state index in [-0.39, 0.29) is 18.5 Å². The lowest BCUT2D eigenvalue weighted by molar-refractivity contribution is -0.127. The van der Waals surface area contributed by atoms with Crippen LogP contribution in [-0.4, -0.2) is 63.7 Å². The largest absolute Gasteiger partial charge is 0.383 e. The van der Waals surface area contributed by atoms with E-state index in [0.717, 1.165) is 18.9 Å². The smallest absolute Gasteiger partial charge is 0.243 e. The highest BCUT2D eigenvalue weighted by atomic mass is 16.5. The summed E-state index contributed by atoms with van der Waals surface area (Å²) in [5.41, 5.74) is 0. The molecule has 0 spiro atoms. The molecule has 25 heavy (non-hydrogen) atoms. The Bertz CT molecular complexity index is 408. The normalized spacial score (nSPS) is 17.1. The maximum Gasteiger partial charge on any atom is 0.243 e. The highest BCUT2D eigenvalue weighted by molar-refractivity contribution is 5.85. The third-order valence-electron chi connectivity index (χ3n) is 4.83. The number of nitrogens with zero attached hydrogens (tertiary/aromatic N) is 2. The summed E-state index contributed by atoms with van der Waals surface area (Å²) in [7, 11) is 5.25. The minimum absolute atomic E-state index is 0.00818. The number of rotatable bonds is 12. The first-order valence-corrected chi connectivity index (χ1v) is 9.75. The van der Waals surface area contributed by atoms with Crippen molar-refractivity contribution in [2.75, 3.05) is 40.9 Å². The van der Waals surface area contributed by atoms with Gasteiger partial charge >= 0.3 is 0 Å². The van der Waals surface area contributed by atoms with E-state index in [1.807, 2.05) is 0 Å². The van der Waals surface area contributed by atoms with Gasteiger partial charge in [0.25, 0.3) is 0 Å². The van der Waals surface area contributed by atoms with Crippen LogP contribution in [0.4, 0.5) is 0 Å². The lowest BCUT2D eigenvalue weighted by Crippen LogP contribution is -2.48. The molecule has 1 fully saturated rings. The summed E-state index contributed by atoms with van der Waals surface area (Å²) in [5.74, 6) is 2.03.